The zero-order chi connectivity index (χ0) is 13.8. The number of nitrogens with zero attached hydrogens (tertiary/aromatic N) is 2. The molecular formula is C15H19N3O. The van der Waals surface area contributed by atoms with Crippen LogP contribution in [0.4, 0.5) is 0 Å². The molecule has 1 N–H and O–H groups in total. The Morgan fingerprint density at radius 3 is 2.84 bits per heavy atom. The minimum absolute atomic E-state index is 0.0138. The lowest BCUT2D eigenvalue weighted by Gasteiger charge is -2.26. The second-order valence-corrected chi connectivity index (χ2v) is 5.09. The SMILES string of the molecule is CC(C)N(CCC#N)C(=O)c1ccc2c(c1)CNC2. The van der Waals surface area contributed by atoms with Gasteiger partial charge < -0.3 is 10.2 Å². The normalized spacial score (nSPS) is 13.2. The molecule has 1 aromatic carbocycles. The predicted octanol–water partition coefficient (Wildman–Crippen LogP) is 2.05. The van der Waals surface area contributed by atoms with Crippen molar-refractivity contribution in [2.75, 3.05) is 6.54 Å². The summed E-state index contributed by atoms with van der Waals surface area (Å²) in [6.07, 6.45) is 0.371. The van der Waals surface area contributed by atoms with Crippen molar-refractivity contribution in [2.45, 2.75) is 39.4 Å². The Labute approximate surface area is 114 Å². The van der Waals surface area contributed by atoms with E-state index in [0.717, 1.165) is 13.1 Å². The maximum Gasteiger partial charge on any atom is 0.254 e. The van der Waals surface area contributed by atoms with E-state index in [1.54, 1.807) is 4.90 Å². The van der Waals surface area contributed by atoms with Crippen molar-refractivity contribution >= 4 is 5.91 Å². The number of nitrogens with one attached hydrogen (secondary N) is 1. The highest BCUT2D eigenvalue weighted by atomic mass is 16.2. The van der Waals surface area contributed by atoms with Crippen LogP contribution in [-0.2, 0) is 13.1 Å². The number of fused-ring (bicyclic) bond motifs is 1. The topological polar surface area (TPSA) is 56.1 Å². The summed E-state index contributed by atoms with van der Waals surface area (Å²) in [6, 6.07) is 8.08. The number of carbonyl (C=O) groups excluding carboxylic acids is 1. The van der Waals surface area contributed by atoms with E-state index in [0.29, 0.717) is 18.5 Å². The predicted molar refractivity (Wildman–Crippen MR) is 73.4 cm³/mol. The summed E-state index contributed by atoms with van der Waals surface area (Å²) in [6.45, 7) is 6.15. The first-order valence-corrected chi connectivity index (χ1v) is 6.64. The largest absolute Gasteiger partial charge is 0.335 e. The fourth-order valence-corrected chi connectivity index (χ4v) is 2.36. The van der Waals surface area contributed by atoms with Gasteiger partial charge in [0.15, 0.2) is 0 Å². The van der Waals surface area contributed by atoms with E-state index in [1.165, 1.54) is 11.1 Å². The highest BCUT2D eigenvalue weighted by Gasteiger charge is 2.20. The van der Waals surface area contributed by atoms with E-state index in [2.05, 4.69) is 11.4 Å². The van der Waals surface area contributed by atoms with Gasteiger partial charge in [-0.25, -0.2) is 0 Å². The molecule has 19 heavy (non-hydrogen) atoms. The Bertz CT molecular complexity index is 517. The van der Waals surface area contributed by atoms with Crippen molar-refractivity contribution in [3.63, 3.8) is 0 Å². The number of benzene rings is 1. The monoisotopic (exact) mass is 257 g/mol. The second kappa shape index (κ2) is 5.85. The Morgan fingerprint density at radius 1 is 1.42 bits per heavy atom. The van der Waals surface area contributed by atoms with Crippen LogP contribution in [0.2, 0.25) is 0 Å². The van der Waals surface area contributed by atoms with Crippen LogP contribution in [0.25, 0.3) is 0 Å². The van der Waals surface area contributed by atoms with Crippen molar-refractivity contribution in [1.29, 1.82) is 5.26 Å². The molecule has 0 bridgehead atoms. The first-order valence-electron chi connectivity index (χ1n) is 6.64. The summed E-state index contributed by atoms with van der Waals surface area (Å²) < 4.78 is 0. The van der Waals surface area contributed by atoms with Gasteiger partial charge in [-0.1, -0.05) is 6.07 Å². The van der Waals surface area contributed by atoms with Crippen molar-refractivity contribution < 1.29 is 4.79 Å². The van der Waals surface area contributed by atoms with Gasteiger partial charge in [0.25, 0.3) is 5.91 Å². The van der Waals surface area contributed by atoms with Crippen molar-refractivity contribution in [3.05, 3.63) is 34.9 Å². The molecule has 0 fully saturated rings. The molecule has 4 heteroatoms. The minimum Gasteiger partial charge on any atom is -0.335 e. The summed E-state index contributed by atoms with van der Waals surface area (Å²) in [5.74, 6) is 0.0138. The molecule has 0 aromatic heterocycles. The van der Waals surface area contributed by atoms with Gasteiger partial charge in [0.2, 0.25) is 0 Å². The molecule has 1 amide bonds. The summed E-state index contributed by atoms with van der Waals surface area (Å²) in [4.78, 5) is 14.2. The van der Waals surface area contributed by atoms with Gasteiger partial charge >= 0.3 is 0 Å². The van der Waals surface area contributed by atoms with Gasteiger partial charge in [-0.2, -0.15) is 5.26 Å². The van der Waals surface area contributed by atoms with Crippen LogP contribution in [0.15, 0.2) is 18.2 Å². The zero-order valence-electron chi connectivity index (χ0n) is 11.4. The minimum atomic E-state index is 0.0138. The number of hydrogen-bond donors (Lipinski definition) is 1. The van der Waals surface area contributed by atoms with Gasteiger partial charge in [-0.05, 0) is 37.1 Å². The number of hydrogen-bond acceptors (Lipinski definition) is 3. The van der Waals surface area contributed by atoms with Gasteiger partial charge in [-0.15, -0.1) is 0 Å². The quantitative estimate of drug-likeness (QED) is 0.898. The van der Waals surface area contributed by atoms with Gasteiger partial charge in [-0.3, -0.25) is 4.79 Å². The van der Waals surface area contributed by atoms with Crippen molar-refractivity contribution in [3.8, 4) is 6.07 Å². The molecule has 1 aromatic rings. The molecule has 0 aliphatic carbocycles. The van der Waals surface area contributed by atoms with Crippen molar-refractivity contribution in [2.24, 2.45) is 0 Å². The van der Waals surface area contributed by atoms with Crippen LogP contribution in [0, 0.1) is 11.3 Å². The molecule has 1 heterocycles. The average Bonchev–Trinajstić information content (AvgIpc) is 2.85. The van der Waals surface area contributed by atoms with Crippen LogP contribution in [-0.4, -0.2) is 23.4 Å². The third-order valence-electron chi connectivity index (χ3n) is 3.43. The number of carbonyl (C=O) groups is 1. The molecule has 1 aliphatic heterocycles. The molecule has 0 saturated carbocycles. The van der Waals surface area contributed by atoms with E-state index in [1.807, 2.05) is 32.0 Å². The lowest BCUT2D eigenvalue weighted by Crippen LogP contribution is -2.37. The summed E-state index contributed by atoms with van der Waals surface area (Å²) in [5, 5.41) is 12.0. The molecule has 100 valence electrons. The van der Waals surface area contributed by atoms with Crippen LogP contribution >= 0.6 is 0 Å². The lowest BCUT2D eigenvalue weighted by atomic mass is 10.0. The fraction of sp³-hybridized carbons (Fsp3) is 0.467. The molecule has 0 radical (unpaired) electrons. The smallest absolute Gasteiger partial charge is 0.254 e. The Hall–Kier alpha value is -1.86. The summed E-state index contributed by atoms with van der Waals surface area (Å²) >= 11 is 0. The summed E-state index contributed by atoms with van der Waals surface area (Å²) in [7, 11) is 0. The number of amides is 1. The molecule has 2 rings (SSSR count). The van der Waals surface area contributed by atoms with Crippen LogP contribution < -0.4 is 5.32 Å². The molecule has 0 unspecified atom stereocenters. The molecule has 0 atom stereocenters. The molecular weight excluding hydrogens is 238 g/mol. The highest BCUT2D eigenvalue weighted by molar-refractivity contribution is 5.94. The highest BCUT2D eigenvalue weighted by Crippen LogP contribution is 2.19. The third-order valence-corrected chi connectivity index (χ3v) is 3.43. The molecule has 1 aliphatic rings. The van der Waals surface area contributed by atoms with E-state index >= 15 is 0 Å². The Morgan fingerprint density at radius 2 is 2.16 bits per heavy atom. The first kappa shape index (κ1) is 13.6. The number of rotatable bonds is 4. The second-order valence-electron chi connectivity index (χ2n) is 5.09. The standard InChI is InChI=1S/C15H19N3O/c1-11(2)18(7-3-6-16)15(19)12-4-5-13-9-17-10-14(13)8-12/h4-5,8,11,17H,3,7,9-10H2,1-2H3. The van der Waals surface area contributed by atoms with Crippen molar-refractivity contribution in [1.82, 2.24) is 10.2 Å². The van der Waals surface area contributed by atoms with E-state index in [4.69, 9.17) is 5.26 Å². The lowest BCUT2D eigenvalue weighted by molar-refractivity contribution is 0.0710. The van der Waals surface area contributed by atoms with Gasteiger partial charge in [0, 0.05) is 31.2 Å². The summed E-state index contributed by atoms with van der Waals surface area (Å²) in [5.41, 5.74) is 3.19. The molecule has 4 nitrogen and oxygen atoms in total. The molecule has 0 saturated heterocycles. The fourth-order valence-electron chi connectivity index (χ4n) is 2.36. The number of nitriles is 1. The maximum atomic E-state index is 12.5. The van der Waals surface area contributed by atoms with Gasteiger partial charge in [0.1, 0.15) is 0 Å². The van der Waals surface area contributed by atoms with E-state index in [-0.39, 0.29) is 11.9 Å². The van der Waals surface area contributed by atoms with Gasteiger partial charge in [0.05, 0.1) is 12.5 Å². The maximum absolute atomic E-state index is 12.5. The van der Waals surface area contributed by atoms with Crippen LogP contribution in [0.1, 0.15) is 41.8 Å². The van der Waals surface area contributed by atoms with E-state index < -0.39 is 0 Å². The third kappa shape index (κ3) is 2.94. The average molecular weight is 257 g/mol. The Balaban J connectivity index is 2.19. The zero-order valence-corrected chi connectivity index (χ0v) is 11.4. The molecule has 0 spiro atoms. The first-order chi connectivity index (χ1) is 9.13. The Kier molecular flexibility index (Phi) is 4.18. The van der Waals surface area contributed by atoms with E-state index in [9.17, 15) is 4.79 Å². The van der Waals surface area contributed by atoms with Crippen LogP contribution in [0.3, 0.4) is 0 Å². The van der Waals surface area contributed by atoms with Crippen LogP contribution in [0.5, 0.6) is 0 Å².